The number of hydrogen-bond donors (Lipinski definition) is 1. The lowest BCUT2D eigenvalue weighted by Gasteiger charge is -1.95. The highest BCUT2D eigenvalue weighted by atomic mass is 32.1. The van der Waals surface area contributed by atoms with Crippen LogP contribution in [0.2, 0.25) is 0 Å². The quantitative estimate of drug-likeness (QED) is 0.803. The van der Waals surface area contributed by atoms with E-state index in [2.05, 4.69) is 15.4 Å². The van der Waals surface area contributed by atoms with Gasteiger partial charge in [-0.15, -0.1) is 11.3 Å². The third kappa shape index (κ3) is 1.86. The minimum absolute atomic E-state index is 0.741. The van der Waals surface area contributed by atoms with E-state index in [0.717, 1.165) is 17.4 Å². The predicted octanol–water partition coefficient (Wildman–Crippen LogP) is 1.43. The van der Waals surface area contributed by atoms with Crippen LogP contribution in [-0.4, -0.2) is 21.8 Å². The number of nitrogens with one attached hydrogen (secondary N) is 1. The Morgan fingerprint density at radius 1 is 1.62 bits per heavy atom. The van der Waals surface area contributed by atoms with Crippen LogP contribution in [0.25, 0.3) is 0 Å². The van der Waals surface area contributed by atoms with Gasteiger partial charge < -0.3 is 5.32 Å². The topological polar surface area (TPSA) is 42.7 Å². The number of hydrogen-bond acceptors (Lipinski definition) is 4. The average molecular weight is 194 g/mol. The summed E-state index contributed by atoms with van der Waals surface area (Å²) in [5.74, 6) is 0. The molecular weight excluding hydrogens is 184 g/mol. The van der Waals surface area contributed by atoms with Crippen molar-refractivity contribution in [3.63, 3.8) is 0 Å². The van der Waals surface area contributed by atoms with E-state index < -0.39 is 0 Å². The summed E-state index contributed by atoms with van der Waals surface area (Å²) < 4.78 is 1.86. The van der Waals surface area contributed by atoms with Gasteiger partial charge in [-0.05, 0) is 6.07 Å². The summed E-state index contributed by atoms with van der Waals surface area (Å²) in [6, 6.07) is 1.91. The number of anilines is 1. The van der Waals surface area contributed by atoms with Crippen molar-refractivity contribution >= 4 is 16.5 Å². The van der Waals surface area contributed by atoms with Gasteiger partial charge in [-0.2, -0.15) is 5.10 Å². The van der Waals surface area contributed by atoms with Gasteiger partial charge in [0.05, 0.1) is 12.2 Å². The maximum absolute atomic E-state index is 4.35. The molecule has 0 bridgehead atoms. The summed E-state index contributed by atoms with van der Waals surface area (Å²) in [4.78, 5) is 4.35. The molecule has 1 N–H and O–H groups in total. The molecular formula is C8H10N4S. The summed E-state index contributed by atoms with van der Waals surface area (Å²) in [5, 5.41) is 10.1. The summed E-state index contributed by atoms with van der Waals surface area (Å²) in [5.41, 5.74) is 1.04. The maximum Gasteiger partial charge on any atom is 0.182 e. The molecule has 0 spiro atoms. The molecule has 0 fully saturated rings. The first-order valence-corrected chi connectivity index (χ1v) is 4.86. The van der Waals surface area contributed by atoms with Crippen molar-refractivity contribution in [1.29, 1.82) is 0 Å². The smallest absolute Gasteiger partial charge is 0.182 e. The van der Waals surface area contributed by atoms with E-state index in [1.165, 1.54) is 0 Å². The zero-order chi connectivity index (χ0) is 9.10. The van der Waals surface area contributed by atoms with Crippen molar-refractivity contribution in [1.82, 2.24) is 14.8 Å². The van der Waals surface area contributed by atoms with Crippen LogP contribution in [0, 0.1) is 0 Å². The van der Waals surface area contributed by atoms with E-state index in [1.54, 1.807) is 17.5 Å². The van der Waals surface area contributed by atoms with Crippen LogP contribution in [0.1, 0.15) is 5.69 Å². The minimum atomic E-state index is 0.741. The third-order valence-electron chi connectivity index (χ3n) is 1.65. The van der Waals surface area contributed by atoms with Crippen molar-refractivity contribution in [3.8, 4) is 0 Å². The van der Waals surface area contributed by atoms with Crippen molar-refractivity contribution < 1.29 is 0 Å². The minimum Gasteiger partial charge on any atom is -0.365 e. The SMILES string of the molecule is CNc1nc(Cn2cccn2)cs1. The molecule has 2 rings (SSSR count). The van der Waals surface area contributed by atoms with Gasteiger partial charge in [0, 0.05) is 24.8 Å². The summed E-state index contributed by atoms with van der Waals surface area (Å²) in [6.07, 6.45) is 3.70. The average Bonchev–Trinajstić information content (AvgIpc) is 2.76. The lowest BCUT2D eigenvalue weighted by molar-refractivity contribution is 0.676. The van der Waals surface area contributed by atoms with Crippen LogP contribution in [0.5, 0.6) is 0 Å². The molecule has 68 valence electrons. The van der Waals surface area contributed by atoms with E-state index in [4.69, 9.17) is 0 Å². The van der Waals surface area contributed by atoms with Gasteiger partial charge in [-0.1, -0.05) is 0 Å². The molecule has 0 radical (unpaired) electrons. The highest BCUT2D eigenvalue weighted by molar-refractivity contribution is 7.13. The number of nitrogens with zero attached hydrogens (tertiary/aromatic N) is 3. The van der Waals surface area contributed by atoms with E-state index in [9.17, 15) is 0 Å². The molecule has 0 aliphatic heterocycles. The predicted molar refractivity (Wildman–Crippen MR) is 53.0 cm³/mol. The van der Waals surface area contributed by atoms with Gasteiger partial charge in [0.2, 0.25) is 0 Å². The van der Waals surface area contributed by atoms with Crippen LogP contribution >= 0.6 is 11.3 Å². The number of thiazole rings is 1. The third-order valence-corrected chi connectivity index (χ3v) is 2.56. The van der Waals surface area contributed by atoms with E-state index in [1.807, 2.05) is 29.4 Å². The molecule has 0 unspecified atom stereocenters. The summed E-state index contributed by atoms with van der Waals surface area (Å²) in [6.45, 7) is 0.741. The highest BCUT2D eigenvalue weighted by Gasteiger charge is 2.00. The lowest BCUT2D eigenvalue weighted by atomic mass is 10.5. The van der Waals surface area contributed by atoms with Crippen molar-refractivity contribution in [2.24, 2.45) is 0 Å². The standard InChI is InChI=1S/C8H10N4S/c1-9-8-11-7(6-13-8)5-12-4-2-3-10-12/h2-4,6H,5H2,1H3,(H,9,11). The van der Waals surface area contributed by atoms with E-state index >= 15 is 0 Å². The molecule has 0 atom stereocenters. The van der Waals surface area contributed by atoms with Crippen molar-refractivity contribution in [3.05, 3.63) is 29.5 Å². The second kappa shape index (κ2) is 3.57. The van der Waals surface area contributed by atoms with E-state index in [-0.39, 0.29) is 0 Å². The molecule has 0 saturated carbocycles. The van der Waals surface area contributed by atoms with Gasteiger partial charge in [-0.3, -0.25) is 4.68 Å². The van der Waals surface area contributed by atoms with Crippen LogP contribution in [0.15, 0.2) is 23.8 Å². The van der Waals surface area contributed by atoms with Crippen LogP contribution in [0.4, 0.5) is 5.13 Å². The molecule has 0 aliphatic carbocycles. The normalized spacial score (nSPS) is 10.2. The van der Waals surface area contributed by atoms with Gasteiger partial charge >= 0.3 is 0 Å². The number of rotatable bonds is 3. The zero-order valence-electron chi connectivity index (χ0n) is 7.27. The molecule has 5 heteroatoms. The Bertz CT molecular complexity index is 365. The Labute approximate surface area is 80.2 Å². The molecule has 2 aromatic heterocycles. The molecule has 0 amide bonds. The fraction of sp³-hybridized carbons (Fsp3) is 0.250. The molecule has 13 heavy (non-hydrogen) atoms. The second-order valence-corrected chi connectivity index (χ2v) is 3.46. The molecule has 0 aromatic carbocycles. The van der Waals surface area contributed by atoms with Crippen molar-refractivity contribution in [2.45, 2.75) is 6.54 Å². The van der Waals surface area contributed by atoms with Gasteiger partial charge in [-0.25, -0.2) is 4.98 Å². The largest absolute Gasteiger partial charge is 0.365 e. The molecule has 0 saturated heterocycles. The van der Waals surface area contributed by atoms with Gasteiger partial charge in [0.15, 0.2) is 5.13 Å². The Morgan fingerprint density at radius 2 is 2.54 bits per heavy atom. The zero-order valence-corrected chi connectivity index (χ0v) is 8.08. The first kappa shape index (κ1) is 8.25. The highest BCUT2D eigenvalue weighted by Crippen LogP contribution is 2.14. The number of aromatic nitrogens is 3. The molecule has 4 nitrogen and oxygen atoms in total. The van der Waals surface area contributed by atoms with Crippen LogP contribution < -0.4 is 5.32 Å². The summed E-state index contributed by atoms with van der Waals surface area (Å²) >= 11 is 1.61. The fourth-order valence-electron chi connectivity index (χ4n) is 1.05. The van der Waals surface area contributed by atoms with Gasteiger partial charge in [0.1, 0.15) is 0 Å². The van der Waals surface area contributed by atoms with E-state index in [0.29, 0.717) is 0 Å². The summed E-state index contributed by atoms with van der Waals surface area (Å²) in [7, 11) is 1.87. The Hall–Kier alpha value is -1.36. The maximum atomic E-state index is 4.35. The first-order chi connectivity index (χ1) is 6.38. The molecule has 2 heterocycles. The Balaban J connectivity index is 2.10. The Kier molecular flexibility index (Phi) is 2.27. The van der Waals surface area contributed by atoms with Gasteiger partial charge in [0.25, 0.3) is 0 Å². The molecule has 0 aliphatic rings. The lowest BCUT2D eigenvalue weighted by Crippen LogP contribution is -2.00. The molecule has 2 aromatic rings. The Morgan fingerprint density at radius 3 is 3.15 bits per heavy atom. The van der Waals surface area contributed by atoms with Crippen molar-refractivity contribution in [2.75, 3.05) is 12.4 Å². The monoisotopic (exact) mass is 194 g/mol. The fourth-order valence-corrected chi connectivity index (χ4v) is 1.72. The first-order valence-electron chi connectivity index (χ1n) is 3.98. The second-order valence-electron chi connectivity index (χ2n) is 2.60. The van der Waals surface area contributed by atoms with Crippen LogP contribution in [0.3, 0.4) is 0 Å². The van der Waals surface area contributed by atoms with Crippen LogP contribution in [-0.2, 0) is 6.54 Å².